The Morgan fingerprint density at radius 3 is 1.35 bits per heavy atom. The summed E-state index contributed by atoms with van der Waals surface area (Å²) in [6, 6.07) is 26.3. The molecule has 0 atom stereocenters. The monoisotopic (exact) mass is 480 g/mol. The highest BCUT2D eigenvalue weighted by Gasteiger charge is 2.07. The summed E-state index contributed by atoms with van der Waals surface area (Å²) in [4.78, 5) is 9.72. The number of hydrogen-bond acceptors (Lipinski definition) is 4. The molecule has 3 aromatic carbocycles. The lowest BCUT2D eigenvalue weighted by Crippen LogP contribution is -1.90. The lowest BCUT2D eigenvalue weighted by Gasteiger charge is -2.09. The zero-order chi connectivity index (χ0) is 23.7. The average molecular weight is 481 g/mol. The highest BCUT2D eigenvalue weighted by molar-refractivity contribution is 7.98. The van der Waals surface area contributed by atoms with Crippen molar-refractivity contribution >= 4 is 45.3 Å². The molecule has 170 valence electrons. The summed E-state index contributed by atoms with van der Waals surface area (Å²) < 4.78 is 0. The molecule has 5 rings (SSSR count). The highest BCUT2D eigenvalue weighted by atomic mass is 32.2. The van der Waals surface area contributed by atoms with Gasteiger partial charge in [-0.2, -0.15) is 0 Å². The van der Waals surface area contributed by atoms with Crippen molar-refractivity contribution in [2.75, 3.05) is 0 Å². The largest absolute Gasteiger partial charge is 0.241 e. The molecule has 0 aliphatic heterocycles. The number of hydrogen-bond donors (Lipinski definition) is 0. The van der Waals surface area contributed by atoms with Crippen LogP contribution in [0.15, 0.2) is 82.8 Å². The molecule has 0 spiro atoms. The van der Waals surface area contributed by atoms with Crippen LogP contribution in [-0.4, -0.2) is 9.97 Å². The van der Waals surface area contributed by atoms with E-state index in [1.807, 2.05) is 0 Å². The van der Waals surface area contributed by atoms with Gasteiger partial charge in [0.05, 0.1) is 21.1 Å². The molecule has 34 heavy (non-hydrogen) atoms. The molecule has 2 heterocycles. The molecular formula is C30H28N2S2. The van der Waals surface area contributed by atoms with Gasteiger partial charge in [0.2, 0.25) is 0 Å². The van der Waals surface area contributed by atoms with Gasteiger partial charge < -0.3 is 0 Å². The van der Waals surface area contributed by atoms with Gasteiger partial charge in [-0.15, -0.1) is 23.5 Å². The summed E-state index contributed by atoms with van der Waals surface area (Å²) in [6.07, 6.45) is 0. The van der Waals surface area contributed by atoms with Crippen LogP contribution >= 0.6 is 23.5 Å². The normalized spacial score (nSPS) is 11.4. The van der Waals surface area contributed by atoms with Crippen molar-refractivity contribution in [3.63, 3.8) is 0 Å². The lowest BCUT2D eigenvalue weighted by molar-refractivity contribution is 1.16. The second-order valence-electron chi connectivity index (χ2n) is 8.99. The van der Waals surface area contributed by atoms with Crippen LogP contribution in [0.1, 0.15) is 33.4 Å². The van der Waals surface area contributed by atoms with Crippen molar-refractivity contribution in [1.29, 1.82) is 0 Å². The molecule has 2 aromatic heterocycles. The van der Waals surface area contributed by atoms with E-state index < -0.39 is 0 Å². The zero-order valence-electron chi connectivity index (χ0n) is 20.1. The number of aromatic nitrogens is 2. The molecule has 0 radical (unpaired) electrons. The summed E-state index contributed by atoms with van der Waals surface area (Å²) in [5.74, 6) is 1.84. The van der Waals surface area contributed by atoms with Crippen molar-refractivity contribution < 1.29 is 0 Å². The average Bonchev–Trinajstić information content (AvgIpc) is 2.83. The molecule has 0 fully saturated rings. The van der Waals surface area contributed by atoms with Gasteiger partial charge in [0.1, 0.15) is 0 Å². The first-order valence-corrected chi connectivity index (χ1v) is 13.5. The standard InChI is InChI=1S/C30H28N2S2/c1-19-5-11-27-25(13-19)21(3)15-29(31-27)33-17-23-7-9-24(10-8-23)18-34-30-16-22(4)26-14-20(2)6-12-28(26)32-30/h5-16H,17-18H2,1-4H3. The van der Waals surface area contributed by atoms with Crippen LogP contribution in [0.4, 0.5) is 0 Å². The summed E-state index contributed by atoms with van der Waals surface area (Å²) in [6.45, 7) is 8.60. The van der Waals surface area contributed by atoms with Crippen molar-refractivity contribution in [2.24, 2.45) is 0 Å². The number of benzene rings is 3. The minimum Gasteiger partial charge on any atom is -0.241 e. The zero-order valence-corrected chi connectivity index (χ0v) is 21.7. The van der Waals surface area contributed by atoms with Crippen LogP contribution in [0, 0.1) is 27.7 Å². The quantitative estimate of drug-likeness (QED) is 0.227. The van der Waals surface area contributed by atoms with Gasteiger partial charge in [-0.3, -0.25) is 0 Å². The first-order chi connectivity index (χ1) is 16.4. The Bertz CT molecular complexity index is 1380. The minimum absolute atomic E-state index is 0.919. The Labute approximate surface area is 210 Å². The SMILES string of the molecule is Cc1ccc2nc(SCc3ccc(CSc4cc(C)c5cc(C)ccc5n4)cc3)cc(C)c2c1. The van der Waals surface area contributed by atoms with E-state index in [2.05, 4.69) is 100 Å². The Morgan fingerprint density at radius 2 is 0.941 bits per heavy atom. The third kappa shape index (κ3) is 5.13. The van der Waals surface area contributed by atoms with Crippen molar-refractivity contribution in [2.45, 2.75) is 49.3 Å². The van der Waals surface area contributed by atoms with E-state index in [-0.39, 0.29) is 0 Å². The lowest BCUT2D eigenvalue weighted by atomic mass is 10.1. The Morgan fingerprint density at radius 1 is 0.529 bits per heavy atom. The molecule has 0 amide bonds. The second-order valence-corrected chi connectivity index (χ2v) is 11.0. The van der Waals surface area contributed by atoms with Crippen molar-refractivity contribution in [3.8, 4) is 0 Å². The van der Waals surface area contributed by atoms with E-state index >= 15 is 0 Å². The molecule has 0 bridgehead atoms. The predicted molar refractivity (Wildman–Crippen MR) is 148 cm³/mol. The topological polar surface area (TPSA) is 25.8 Å². The van der Waals surface area contributed by atoms with Crippen LogP contribution in [0.2, 0.25) is 0 Å². The third-order valence-electron chi connectivity index (χ3n) is 6.09. The van der Waals surface area contributed by atoms with E-state index in [4.69, 9.17) is 9.97 Å². The van der Waals surface area contributed by atoms with E-state index in [0.29, 0.717) is 0 Å². The third-order valence-corrected chi connectivity index (χ3v) is 8.06. The van der Waals surface area contributed by atoms with Crippen molar-refractivity contribution in [3.05, 3.63) is 106 Å². The summed E-state index contributed by atoms with van der Waals surface area (Å²) in [5.41, 5.74) is 9.92. The maximum atomic E-state index is 4.86. The van der Waals surface area contributed by atoms with Crippen molar-refractivity contribution in [1.82, 2.24) is 9.97 Å². The van der Waals surface area contributed by atoms with E-state index in [0.717, 1.165) is 32.6 Å². The van der Waals surface area contributed by atoms with Gasteiger partial charge >= 0.3 is 0 Å². The van der Waals surface area contributed by atoms with Gasteiger partial charge in [0, 0.05) is 22.3 Å². The van der Waals surface area contributed by atoms with Crippen LogP contribution in [0.5, 0.6) is 0 Å². The Hall–Kier alpha value is -2.82. The van der Waals surface area contributed by atoms with Gasteiger partial charge in [0.15, 0.2) is 0 Å². The molecular weight excluding hydrogens is 452 g/mol. The number of nitrogens with zero attached hydrogens (tertiary/aromatic N) is 2. The molecule has 0 N–H and O–H groups in total. The molecule has 2 nitrogen and oxygen atoms in total. The van der Waals surface area contributed by atoms with Gasteiger partial charge in [-0.25, -0.2) is 9.97 Å². The van der Waals surface area contributed by atoms with E-state index in [1.165, 1.54) is 44.2 Å². The van der Waals surface area contributed by atoms with E-state index in [9.17, 15) is 0 Å². The van der Waals surface area contributed by atoms with Crippen LogP contribution in [0.25, 0.3) is 21.8 Å². The maximum absolute atomic E-state index is 4.86. The molecule has 0 saturated heterocycles. The number of aryl methyl sites for hydroxylation is 4. The van der Waals surface area contributed by atoms with Gasteiger partial charge in [0.25, 0.3) is 0 Å². The number of fused-ring (bicyclic) bond motifs is 2. The summed E-state index contributed by atoms with van der Waals surface area (Å²) in [5, 5.41) is 4.66. The fourth-order valence-corrected chi connectivity index (χ4v) is 6.01. The summed E-state index contributed by atoms with van der Waals surface area (Å²) >= 11 is 3.60. The summed E-state index contributed by atoms with van der Waals surface area (Å²) in [7, 11) is 0. The Kier molecular flexibility index (Phi) is 6.62. The first kappa shape index (κ1) is 22.9. The predicted octanol–water partition coefficient (Wildman–Crippen LogP) is 8.60. The number of pyridine rings is 2. The number of rotatable bonds is 6. The molecule has 0 aliphatic rings. The fourth-order valence-electron chi connectivity index (χ4n) is 4.15. The van der Waals surface area contributed by atoms with Crippen LogP contribution in [0.3, 0.4) is 0 Å². The molecule has 5 aromatic rings. The van der Waals surface area contributed by atoms with Gasteiger partial charge in [-0.1, -0.05) is 47.5 Å². The molecule has 0 aliphatic carbocycles. The fraction of sp³-hybridized carbons (Fsp3) is 0.200. The maximum Gasteiger partial charge on any atom is 0.0973 e. The number of thioether (sulfide) groups is 2. The Balaban J connectivity index is 1.22. The van der Waals surface area contributed by atoms with E-state index in [1.54, 1.807) is 23.5 Å². The second kappa shape index (κ2) is 9.81. The molecule has 4 heteroatoms. The van der Waals surface area contributed by atoms with Gasteiger partial charge in [-0.05, 0) is 86.3 Å². The van der Waals surface area contributed by atoms with Crippen LogP contribution < -0.4 is 0 Å². The van der Waals surface area contributed by atoms with Crippen LogP contribution in [-0.2, 0) is 11.5 Å². The highest BCUT2D eigenvalue weighted by Crippen LogP contribution is 2.29. The molecule has 0 unspecified atom stereocenters. The molecule has 0 saturated carbocycles. The minimum atomic E-state index is 0.919. The first-order valence-electron chi connectivity index (χ1n) is 11.5. The smallest absolute Gasteiger partial charge is 0.0973 e.